The highest BCUT2D eigenvalue weighted by Gasteiger charge is 2.63. The zero-order chi connectivity index (χ0) is 39.9. The summed E-state index contributed by atoms with van der Waals surface area (Å²) in [5.74, 6) is 2.15. The second-order valence-electron chi connectivity index (χ2n) is 17.1. The molecule has 11 nitrogen and oxygen atoms in total. The predicted octanol–water partition coefficient (Wildman–Crippen LogP) is 6.75. The van der Waals surface area contributed by atoms with E-state index in [4.69, 9.17) is 29.7 Å². The molecule has 0 aromatic heterocycles. The highest BCUT2D eigenvalue weighted by molar-refractivity contribution is 6.16. The Labute approximate surface area is 328 Å². The van der Waals surface area contributed by atoms with Gasteiger partial charge in [0.25, 0.3) is 5.91 Å². The molecule has 0 spiro atoms. The van der Waals surface area contributed by atoms with E-state index in [2.05, 4.69) is 36.4 Å². The molecule has 1 amide bonds. The standard InChI is InChI=1S/C44H65N5O6/c1-28(2)34-26-33(54-20-12-19-49(7)18-11-17-46-6)15-16-36(34)47-37(40-38(52-8)13-10-14-39(40)53-9)27-35(45)41(50)48-44(42(51)55-43(3,4)5)31-22-29-21-30(24-31)25-32(44)23-29/h10,13-16,26-32,46H,11-12,17-25,45H2,1-9H3,(H,48,50). The molecule has 0 aliphatic heterocycles. The van der Waals surface area contributed by atoms with Gasteiger partial charge in [0.05, 0.1) is 43.5 Å². The average Bonchev–Trinajstić information content (AvgIpc) is 3.13. The van der Waals surface area contributed by atoms with Gasteiger partial charge >= 0.3 is 5.97 Å². The molecule has 302 valence electrons. The van der Waals surface area contributed by atoms with Crippen LogP contribution in [0.15, 0.2) is 53.2 Å². The number of ether oxygens (including phenoxy) is 4. The highest BCUT2D eigenvalue weighted by atomic mass is 16.6. The predicted molar refractivity (Wildman–Crippen MR) is 218 cm³/mol. The first kappa shape index (κ1) is 42.1. The zero-order valence-corrected chi connectivity index (χ0v) is 34.6. The Hall–Kier alpha value is -4.09. The third kappa shape index (κ3) is 10.0. The van der Waals surface area contributed by atoms with E-state index in [1.807, 2.05) is 64.2 Å². The first-order chi connectivity index (χ1) is 26.2. The smallest absolute Gasteiger partial charge is 0.332 e. The third-order valence-electron chi connectivity index (χ3n) is 11.5. The van der Waals surface area contributed by atoms with E-state index in [9.17, 15) is 9.59 Å². The molecular formula is C44H65N5O6. The number of carbonyl (C=O) groups excluding carboxylic acids is 2. The molecule has 0 saturated heterocycles. The van der Waals surface area contributed by atoms with E-state index < -0.39 is 17.0 Å². The molecule has 11 heteroatoms. The molecule has 55 heavy (non-hydrogen) atoms. The van der Waals surface area contributed by atoms with Crippen molar-refractivity contribution in [1.82, 2.24) is 15.5 Å². The first-order valence-corrected chi connectivity index (χ1v) is 20.1. The van der Waals surface area contributed by atoms with Crippen LogP contribution >= 0.6 is 0 Å². The molecule has 0 atom stereocenters. The number of nitrogens with zero attached hydrogens (tertiary/aromatic N) is 2. The number of aliphatic imine (C=N–C) groups is 1. The number of allylic oxidation sites excluding steroid dienone is 1. The molecule has 2 aromatic carbocycles. The van der Waals surface area contributed by atoms with E-state index in [0.717, 1.165) is 69.5 Å². The Morgan fingerprint density at radius 1 is 0.982 bits per heavy atom. The number of esters is 1. The van der Waals surface area contributed by atoms with Gasteiger partial charge in [0.15, 0.2) is 0 Å². The summed E-state index contributed by atoms with van der Waals surface area (Å²) < 4.78 is 23.9. The molecule has 4 N–H and O–H groups in total. The van der Waals surface area contributed by atoms with Crippen molar-refractivity contribution in [2.45, 2.75) is 96.6 Å². The fourth-order valence-corrected chi connectivity index (χ4v) is 9.09. The van der Waals surface area contributed by atoms with Crippen molar-refractivity contribution in [2.24, 2.45) is 34.4 Å². The van der Waals surface area contributed by atoms with Crippen LogP contribution in [0, 0.1) is 23.7 Å². The maximum atomic E-state index is 14.3. The first-order valence-electron chi connectivity index (χ1n) is 20.1. The maximum absolute atomic E-state index is 14.3. The van der Waals surface area contributed by atoms with Crippen molar-refractivity contribution in [2.75, 3.05) is 54.6 Å². The second-order valence-corrected chi connectivity index (χ2v) is 17.1. The van der Waals surface area contributed by atoms with Crippen molar-refractivity contribution in [3.05, 3.63) is 59.3 Å². The van der Waals surface area contributed by atoms with Crippen LogP contribution in [0.3, 0.4) is 0 Å². The minimum Gasteiger partial charge on any atom is -0.496 e. The van der Waals surface area contributed by atoms with Crippen LogP contribution in [0.4, 0.5) is 5.69 Å². The number of nitrogens with two attached hydrogens (primary N) is 1. The fraction of sp³-hybridized carbons (Fsp3) is 0.614. The summed E-state index contributed by atoms with van der Waals surface area (Å²) in [6.07, 6.45) is 8.37. The Morgan fingerprint density at radius 2 is 1.60 bits per heavy atom. The summed E-state index contributed by atoms with van der Waals surface area (Å²) in [6.45, 7) is 13.4. The van der Waals surface area contributed by atoms with E-state index >= 15 is 0 Å². The van der Waals surface area contributed by atoms with Gasteiger partial charge < -0.3 is 40.2 Å². The molecule has 4 bridgehead atoms. The third-order valence-corrected chi connectivity index (χ3v) is 11.5. The maximum Gasteiger partial charge on any atom is 0.332 e. The Balaban J connectivity index is 1.48. The normalized spacial score (nSPS) is 23.6. The topological polar surface area (TPSA) is 137 Å². The lowest BCUT2D eigenvalue weighted by atomic mass is 9.48. The highest BCUT2D eigenvalue weighted by Crippen LogP contribution is 2.59. The number of rotatable bonds is 18. The van der Waals surface area contributed by atoms with E-state index in [0.29, 0.717) is 46.9 Å². The second kappa shape index (κ2) is 18.2. The zero-order valence-electron chi connectivity index (χ0n) is 34.6. The van der Waals surface area contributed by atoms with Crippen molar-refractivity contribution in [3.8, 4) is 17.2 Å². The lowest BCUT2D eigenvalue weighted by Gasteiger charge is -2.59. The van der Waals surface area contributed by atoms with Crippen molar-refractivity contribution in [1.29, 1.82) is 0 Å². The molecular weight excluding hydrogens is 695 g/mol. The quantitative estimate of drug-likeness (QED) is 0.0653. The largest absolute Gasteiger partial charge is 0.496 e. The summed E-state index contributed by atoms with van der Waals surface area (Å²) >= 11 is 0. The summed E-state index contributed by atoms with van der Waals surface area (Å²) in [5.41, 5.74) is 7.42. The lowest BCUT2D eigenvalue weighted by Crippen LogP contribution is -2.71. The number of hydrogen-bond donors (Lipinski definition) is 3. The van der Waals surface area contributed by atoms with Crippen LogP contribution in [0.2, 0.25) is 0 Å². The molecule has 4 aliphatic carbocycles. The van der Waals surface area contributed by atoms with Crippen molar-refractivity contribution in [3.63, 3.8) is 0 Å². The Kier molecular flexibility index (Phi) is 13.9. The van der Waals surface area contributed by atoms with Gasteiger partial charge in [0, 0.05) is 6.54 Å². The molecule has 4 saturated carbocycles. The minimum atomic E-state index is -1.14. The number of hydrogen-bond acceptors (Lipinski definition) is 10. The van der Waals surface area contributed by atoms with Crippen molar-refractivity contribution >= 4 is 23.3 Å². The SMILES string of the molecule is CNCCCN(C)CCCOc1ccc(N=C(C=C(N)C(=O)NC2(C(=O)OC(C)(C)C)C3CC4CC(C3)CC2C4)c2c(OC)cccc2OC)c(C(C)C)c1. The number of amides is 1. The van der Waals surface area contributed by atoms with Crippen LogP contribution in [0.25, 0.3) is 0 Å². The van der Waals surface area contributed by atoms with Crippen LogP contribution in [-0.2, 0) is 14.3 Å². The van der Waals surface area contributed by atoms with Crippen molar-refractivity contribution < 1.29 is 28.5 Å². The molecule has 4 aliphatic rings. The Bertz CT molecular complexity index is 1660. The summed E-state index contributed by atoms with van der Waals surface area (Å²) in [7, 11) is 7.28. The van der Waals surface area contributed by atoms with E-state index in [1.54, 1.807) is 20.3 Å². The summed E-state index contributed by atoms with van der Waals surface area (Å²) in [6, 6.07) is 11.4. The minimum absolute atomic E-state index is 0.00334. The van der Waals surface area contributed by atoms with Crippen LogP contribution in [0.1, 0.15) is 96.6 Å². The number of carbonyl (C=O) groups is 2. The van der Waals surface area contributed by atoms with Gasteiger partial charge in [-0.05, 0) is 164 Å². The van der Waals surface area contributed by atoms with Gasteiger partial charge in [-0.25, -0.2) is 9.79 Å². The molecule has 0 radical (unpaired) electrons. The van der Waals surface area contributed by atoms with Gasteiger partial charge in [-0.1, -0.05) is 19.9 Å². The van der Waals surface area contributed by atoms with Gasteiger partial charge in [-0.15, -0.1) is 0 Å². The molecule has 0 heterocycles. The lowest BCUT2D eigenvalue weighted by molar-refractivity contribution is -0.183. The number of nitrogens with one attached hydrogen (secondary N) is 2. The van der Waals surface area contributed by atoms with Gasteiger partial charge in [-0.2, -0.15) is 0 Å². The van der Waals surface area contributed by atoms with Crippen LogP contribution < -0.4 is 30.6 Å². The fourth-order valence-electron chi connectivity index (χ4n) is 9.09. The van der Waals surface area contributed by atoms with Crippen LogP contribution in [-0.4, -0.2) is 88.2 Å². The Morgan fingerprint density at radius 3 is 2.16 bits per heavy atom. The van der Waals surface area contributed by atoms with Gasteiger partial charge in [0.2, 0.25) is 0 Å². The summed E-state index contributed by atoms with van der Waals surface area (Å²) in [5, 5.41) is 6.41. The van der Waals surface area contributed by atoms with Crippen LogP contribution in [0.5, 0.6) is 17.2 Å². The van der Waals surface area contributed by atoms with E-state index in [-0.39, 0.29) is 29.4 Å². The number of benzene rings is 2. The molecule has 4 fully saturated rings. The molecule has 0 unspecified atom stereocenters. The van der Waals surface area contributed by atoms with Gasteiger partial charge in [-0.3, -0.25) is 4.79 Å². The summed E-state index contributed by atoms with van der Waals surface area (Å²) in [4.78, 5) is 36.0. The van der Waals surface area contributed by atoms with E-state index in [1.165, 1.54) is 6.42 Å². The number of methoxy groups -OCH3 is 2. The molecule has 6 rings (SSSR count). The average molecular weight is 760 g/mol. The van der Waals surface area contributed by atoms with Gasteiger partial charge in [0.1, 0.15) is 28.4 Å². The molecule has 2 aromatic rings. The monoisotopic (exact) mass is 759 g/mol.